The standard InChI is InChI=1S/C22H33N5O8/c1-12(24)19(31)26-17(11-18(29)30)21(33)27-16(10-13-5-7-14(28)8-6-13)20(32)25-15(22(34)35)4-2-3-9-23/h5-8,12,15-17,28H,2-4,9-11,23-24H2,1H3,(H,25,32)(H,26,31)(H,27,33)(H,29,30)(H,34,35). The molecule has 0 saturated carbocycles. The zero-order valence-corrected chi connectivity index (χ0v) is 19.4. The van der Waals surface area contributed by atoms with Gasteiger partial charge < -0.3 is 42.7 Å². The molecule has 0 radical (unpaired) electrons. The van der Waals surface area contributed by atoms with Gasteiger partial charge in [0, 0.05) is 6.42 Å². The maximum Gasteiger partial charge on any atom is 0.326 e. The number of rotatable bonds is 15. The number of nitrogens with one attached hydrogen (secondary N) is 3. The second-order valence-electron chi connectivity index (χ2n) is 8.06. The van der Waals surface area contributed by atoms with Crippen molar-refractivity contribution in [3.05, 3.63) is 29.8 Å². The summed E-state index contributed by atoms with van der Waals surface area (Å²) in [6.45, 7) is 1.71. The van der Waals surface area contributed by atoms with Crippen LogP contribution in [-0.2, 0) is 30.4 Å². The number of unbranched alkanes of at least 4 members (excludes halogenated alkanes) is 1. The van der Waals surface area contributed by atoms with Gasteiger partial charge >= 0.3 is 11.9 Å². The zero-order valence-electron chi connectivity index (χ0n) is 19.4. The third-order valence-electron chi connectivity index (χ3n) is 5.00. The van der Waals surface area contributed by atoms with Gasteiger partial charge in [-0.05, 0) is 50.4 Å². The first-order valence-electron chi connectivity index (χ1n) is 11.0. The fourth-order valence-electron chi connectivity index (χ4n) is 3.06. The Kier molecular flexibility index (Phi) is 12.2. The quantitative estimate of drug-likeness (QED) is 0.130. The van der Waals surface area contributed by atoms with Crippen molar-refractivity contribution in [2.45, 2.75) is 63.2 Å². The van der Waals surface area contributed by atoms with Crippen LogP contribution in [0.2, 0.25) is 0 Å². The monoisotopic (exact) mass is 495 g/mol. The van der Waals surface area contributed by atoms with E-state index < -0.39 is 60.2 Å². The van der Waals surface area contributed by atoms with E-state index in [0.29, 0.717) is 24.9 Å². The molecule has 4 atom stereocenters. The van der Waals surface area contributed by atoms with Crippen molar-refractivity contribution < 1.29 is 39.3 Å². The number of carboxylic acid groups (broad SMARTS) is 2. The molecule has 1 aromatic rings. The molecule has 0 saturated heterocycles. The number of phenolic OH excluding ortho intramolecular Hbond substituents is 1. The molecule has 0 heterocycles. The largest absolute Gasteiger partial charge is 0.508 e. The average Bonchev–Trinajstić information content (AvgIpc) is 2.78. The third-order valence-corrected chi connectivity index (χ3v) is 5.00. The number of carbonyl (C=O) groups is 5. The Morgan fingerprint density at radius 3 is 1.91 bits per heavy atom. The number of phenols is 1. The Labute approximate surface area is 202 Å². The van der Waals surface area contributed by atoms with Gasteiger partial charge in [-0.3, -0.25) is 19.2 Å². The van der Waals surface area contributed by atoms with Crippen molar-refractivity contribution in [2.24, 2.45) is 11.5 Å². The highest BCUT2D eigenvalue weighted by Crippen LogP contribution is 2.12. The van der Waals surface area contributed by atoms with Crippen molar-refractivity contribution in [3.8, 4) is 5.75 Å². The highest BCUT2D eigenvalue weighted by molar-refractivity contribution is 5.95. The highest BCUT2D eigenvalue weighted by Gasteiger charge is 2.31. The number of aliphatic carboxylic acids is 2. The number of hydrogen-bond donors (Lipinski definition) is 8. The lowest BCUT2D eigenvalue weighted by Crippen LogP contribution is -2.57. The van der Waals surface area contributed by atoms with Crippen LogP contribution in [0.25, 0.3) is 0 Å². The second-order valence-corrected chi connectivity index (χ2v) is 8.06. The molecule has 13 nitrogen and oxygen atoms in total. The zero-order chi connectivity index (χ0) is 26.5. The molecular formula is C22H33N5O8. The predicted octanol–water partition coefficient (Wildman–Crippen LogP) is -1.58. The number of carbonyl (C=O) groups excluding carboxylic acids is 3. The van der Waals surface area contributed by atoms with Crippen LogP contribution in [0.4, 0.5) is 0 Å². The first-order valence-corrected chi connectivity index (χ1v) is 11.0. The average molecular weight is 496 g/mol. The molecule has 194 valence electrons. The van der Waals surface area contributed by atoms with Crippen molar-refractivity contribution in [3.63, 3.8) is 0 Å². The van der Waals surface area contributed by atoms with E-state index in [9.17, 15) is 34.2 Å². The predicted molar refractivity (Wildman–Crippen MR) is 124 cm³/mol. The van der Waals surface area contributed by atoms with E-state index in [0.717, 1.165) is 0 Å². The summed E-state index contributed by atoms with van der Waals surface area (Å²) in [4.78, 5) is 60.6. The van der Waals surface area contributed by atoms with E-state index in [4.69, 9.17) is 16.6 Å². The summed E-state index contributed by atoms with van der Waals surface area (Å²) in [6, 6.07) is 0.660. The van der Waals surface area contributed by atoms with Gasteiger partial charge in [0.05, 0.1) is 12.5 Å². The Bertz CT molecular complexity index is 890. The molecule has 4 unspecified atom stereocenters. The number of nitrogens with two attached hydrogens (primary N) is 2. The summed E-state index contributed by atoms with van der Waals surface area (Å²) in [5, 5.41) is 35.1. The lowest BCUT2D eigenvalue weighted by Gasteiger charge is -2.24. The highest BCUT2D eigenvalue weighted by atomic mass is 16.4. The van der Waals surface area contributed by atoms with Crippen molar-refractivity contribution >= 4 is 29.7 Å². The van der Waals surface area contributed by atoms with E-state index in [2.05, 4.69) is 16.0 Å². The summed E-state index contributed by atoms with van der Waals surface area (Å²) >= 11 is 0. The topological polar surface area (TPSA) is 234 Å². The Hall–Kier alpha value is -3.71. The molecule has 13 heteroatoms. The maximum absolute atomic E-state index is 13.0. The van der Waals surface area contributed by atoms with Gasteiger partial charge in [0.15, 0.2) is 0 Å². The molecule has 0 aromatic heterocycles. The smallest absolute Gasteiger partial charge is 0.326 e. The van der Waals surface area contributed by atoms with Crippen molar-refractivity contribution in [1.82, 2.24) is 16.0 Å². The van der Waals surface area contributed by atoms with E-state index in [1.807, 2.05) is 0 Å². The van der Waals surface area contributed by atoms with Crippen LogP contribution < -0.4 is 27.4 Å². The summed E-state index contributed by atoms with van der Waals surface area (Å²) in [5.74, 6) is -5.21. The molecule has 35 heavy (non-hydrogen) atoms. The fourth-order valence-corrected chi connectivity index (χ4v) is 3.06. The van der Waals surface area contributed by atoms with Crippen LogP contribution in [0.1, 0.15) is 38.2 Å². The molecule has 1 aromatic carbocycles. The molecular weight excluding hydrogens is 462 g/mol. The molecule has 0 aliphatic carbocycles. The van der Waals surface area contributed by atoms with Gasteiger partial charge in [-0.1, -0.05) is 12.1 Å². The van der Waals surface area contributed by atoms with E-state index in [1.165, 1.54) is 31.2 Å². The summed E-state index contributed by atoms with van der Waals surface area (Å²) in [5.41, 5.74) is 11.4. The molecule has 0 spiro atoms. The molecule has 10 N–H and O–H groups in total. The number of aromatic hydroxyl groups is 1. The van der Waals surface area contributed by atoms with Crippen molar-refractivity contribution in [2.75, 3.05) is 6.54 Å². The molecule has 0 bridgehead atoms. The Morgan fingerprint density at radius 2 is 1.40 bits per heavy atom. The van der Waals surface area contributed by atoms with Crippen LogP contribution in [0, 0.1) is 0 Å². The van der Waals surface area contributed by atoms with Gasteiger partial charge in [0.25, 0.3) is 0 Å². The molecule has 0 fully saturated rings. The minimum absolute atomic E-state index is 0.0234. The van der Waals surface area contributed by atoms with E-state index in [1.54, 1.807) is 0 Å². The summed E-state index contributed by atoms with van der Waals surface area (Å²) < 4.78 is 0. The number of benzene rings is 1. The van der Waals surface area contributed by atoms with E-state index >= 15 is 0 Å². The summed E-state index contributed by atoms with van der Waals surface area (Å²) in [7, 11) is 0. The van der Waals surface area contributed by atoms with E-state index in [-0.39, 0.29) is 18.6 Å². The normalized spacial score (nSPS) is 14.1. The van der Waals surface area contributed by atoms with Gasteiger partial charge in [-0.15, -0.1) is 0 Å². The van der Waals surface area contributed by atoms with Crippen LogP contribution in [0.3, 0.4) is 0 Å². The maximum atomic E-state index is 13.0. The molecule has 0 aliphatic rings. The molecule has 3 amide bonds. The van der Waals surface area contributed by atoms with Gasteiger partial charge in [0.1, 0.15) is 23.9 Å². The number of carboxylic acids is 2. The fraction of sp³-hybridized carbons (Fsp3) is 0.500. The minimum Gasteiger partial charge on any atom is -0.508 e. The van der Waals surface area contributed by atoms with Crippen LogP contribution in [-0.4, -0.2) is 75.7 Å². The first kappa shape index (κ1) is 29.3. The van der Waals surface area contributed by atoms with Crippen LogP contribution in [0.15, 0.2) is 24.3 Å². The third kappa shape index (κ3) is 10.8. The number of amides is 3. The lowest BCUT2D eigenvalue weighted by atomic mass is 10.0. The van der Waals surface area contributed by atoms with Gasteiger partial charge in [-0.2, -0.15) is 0 Å². The first-order chi connectivity index (χ1) is 16.4. The summed E-state index contributed by atoms with van der Waals surface area (Å²) in [6.07, 6.45) is 0.253. The van der Waals surface area contributed by atoms with Gasteiger partial charge in [-0.25, -0.2) is 4.79 Å². The lowest BCUT2D eigenvalue weighted by molar-refractivity contribution is -0.143. The SMILES string of the molecule is CC(N)C(=O)NC(CC(=O)O)C(=O)NC(Cc1ccc(O)cc1)C(=O)NC(CCCCN)C(=O)O. The van der Waals surface area contributed by atoms with Crippen LogP contribution >= 0.6 is 0 Å². The van der Waals surface area contributed by atoms with Crippen LogP contribution in [0.5, 0.6) is 5.75 Å². The molecule has 0 aliphatic heterocycles. The Morgan fingerprint density at radius 1 is 0.857 bits per heavy atom. The molecule has 1 rings (SSSR count). The second kappa shape index (κ2) is 14.5. The number of hydrogen-bond acceptors (Lipinski definition) is 8. The Balaban J connectivity index is 3.12. The van der Waals surface area contributed by atoms with Gasteiger partial charge in [0.2, 0.25) is 17.7 Å². The van der Waals surface area contributed by atoms with Crippen molar-refractivity contribution in [1.29, 1.82) is 0 Å². The minimum atomic E-state index is -1.53.